The molecule has 0 saturated heterocycles. The maximum atomic E-state index is 3.85. The first-order valence-electron chi connectivity index (χ1n) is 11.9. The van der Waals surface area contributed by atoms with E-state index < -0.39 is 0 Å². The van der Waals surface area contributed by atoms with Crippen LogP contribution >= 0.6 is 7.92 Å². The van der Waals surface area contributed by atoms with E-state index in [1.165, 1.54) is 89.9 Å². The number of nitrogens with zero attached hydrogens (tertiary/aromatic N) is 1. The first-order valence-corrected chi connectivity index (χ1v) is 13.6. The molecule has 1 N–H and O–H groups in total. The Bertz CT molecular complexity index is 400. The van der Waals surface area contributed by atoms with E-state index in [2.05, 4.69) is 48.3 Å². The summed E-state index contributed by atoms with van der Waals surface area (Å²) >= 11 is 0. The minimum atomic E-state index is 0.232. The number of hydrogen-bond donors (Lipinski definition) is 1. The third kappa shape index (κ3) is 12.2. The van der Waals surface area contributed by atoms with Crippen molar-refractivity contribution in [3.8, 4) is 0 Å². The molecule has 0 aromatic heterocycles. The van der Waals surface area contributed by atoms with Crippen LogP contribution in [0.5, 0.6) is 0 Å². The SMILES string of the molecule is C/C=C\C=C/CCCNCP(C1CCCCC1)C1CCCCC1.C=NC(C)C. The van der Waals surface area contributed by atoms with Gasteiger partial charge in [-0.05, 0) is 83.9 Å². The second-order valence-electron chi connectivity index (χ2n) is 8.63. The standard InChI is InChI=1S/C21H38NP.C4H9N/c1-2-3-4-5-6-13-18-22-19-23(20-14-9-7-10-15-20)21-16-11-8-12-17-21;1-4(2)5-3/h2-5,20-22H,6-19H2,1H3;4H,3H2,1-2H3/b3-2-,5-4-;. The van der Waals surface area contributed by atoms with Crippen molar-refractivity contribution >= 4 is 14.6 Å². The van der Waals surface area contributed by atoms with Gasteiger partial charge in [0.1, 0.15) is 0 Å². The lowest BCUT2D eigenvalue weighted by molar-refractivity contribution is 0.482. The van der Waals surface area contributed by atoms with Gasteiger partial charge in [0.15, 0.2) is 0 Å². The summed E-state index contributed by atoms with van der Waals surface area (Å²) in [5.41, 5.74) is 2.17. The molecule has 0 unspecified atom stereocenters. The van der Waals surface area contributed by atoms with Crippen LogP contribution < -0.4 is 5.32 Å². The first kappa shape index (κ1) is 25.6. The molecular formula is C25H47N2P. The van der Waals surface area contributed by atoms with Gasteiger partial charge < -0.3 is 5.32 Å². The van der Waals surface area contributed by atoms with Crippen molar-refractivity contribution < 1.29 is 0 Å². The molecule has 2 aliphatic carbocycles. The van der Waals surface area contributed by atoms with Gasteiger partial charge in [0.2, 0.25) is 0 Å². The third-order valence-electron chi connectivity index (χ3n) is 5.91. The zero-order chi connectivity index (χ0) is 20.5. The van der Waals surface area contributed by atoms with Gasteiger partial charge in [0, 0.05) is 12.3 Å². The Hall–Kier alpha value is -0.460. The van der Waals surface area contributed by atoms with Crippen molar-refractivity contribution in [1.82, 2.24) is 5.32 Å². The average molecular weight is 407 g/mol. The molecule has 0 amide bonds. The summed E-state index contributed by atoms with van der Waals surface area (Å²) in [7, 11) is 0.232. The highest BCUT2D eigenvalue weighted by Gasteiger charge is 2.30. The summed E-state index contributed by atoms with van der Waals surface area (Å²) in [4.78, 5) is 3.64. The van der Waals surface area contributed by atoms with Gasteiger partial charge in [-0.1, -0.05) is 70.8 Å². The Balaban J connectivity index is 0.000000696. The van der Waals surface area contributed by atoms with Gasteiger partial charge in [-0.25, -0.2) is 0 Å². The normalized spacial score (nSPS) is 19.5. The molecule has 0 aliphatic heterocycles. The molecule has 0 atom stereocenters. The Morgan fingerprint density at radius 3 is 1.96 bits per heavy atom. The van der Waals surface area contributed by atoms with E-state index in [0.29, 0.717) is 6.04 Å². The van der Waals surface area contributed by atoms with Crippen LogP contribution in [-0.4, -0.2) is 36.9 Å². The van der Waals surface area contributed by atoms with Crippen molar-refractivity contribution in [2.24, 2.45) is 4.99 Å². The second kappa shape index (κ2) is 17.4. The Morgan fingerprint density at radius 1 is 0.964 bits per heavy atom. The van der Waals surface area contributed by atoms with Crippen molar-refractivity contribution in [2.75, 3.05) is 12.8 Å². The Kier molecular flexibility index (Phi) is 15.9. The molecular weight excluding hydrogens is 359 g/mol. The summed E-state index contributed by atoms with van der Waals surface area (Å²) in [5.74, 6) is 0. The fraction of sp³-hybridized carbons (Fsp3) is 0.800. The van der Waals surface area contributed by atoms with Crippen LogP contribution in [0.1, 0.15) is 97.8 Å². The number of hydrogen-bond acceptors (Lipinski definition) is 2. The number of nitrogens with one attached hydrogen (secondary N) is 1. The van der Waals surface area contributed by atoms with Crippen molar-refractivity contribution in [3.05, 3.63) is 24.3 Å². The highest BCUT2D eigenvalue weighted by molar-refractivity contribution is 7.59. The van der Waals surface area contributed by atoms with Gasteiger partial charge in [0.05, 0.1) is 0 Å². The Morgan fingerprint density at radius 2 is 1.50 bits per heavy atom. The van der Waals surface area contributed by atoms with E-state index >= 15 is 0 Å². The highest BCUT2D eigenvalue weighted by Crippen LogP contribution is 2.54. The number of allylic oxidation sites excluding steroid dienone is 4. The van der Waals surface area contributed by atoms with Crippen LogP contribution in [0.4, 0.5) is 0 Å². The van der Waals surface area contributed by atoms with E-state index in [1.807, 2.05) is 13.8 Å². The second-order valence-corrected chi connectivity index (χ2v) is 11.4. The molecule has 0 heterocycles. The third-order valence-corrected chi connectivity index (χ3v) is 9.41. The van der Waals surface area contributed by atoms with Crippen LogP contribution in [0.25, 0.3) is 0 Å². The van der Waals surface area contributed by atoms with Gasteiger partial charge in [-0.3, -0.25) is 4.99 Å². The predicted octanol–water partition coefficient (Wildman–Crippen LogP) is 7.69. The molecule has 2 aliphatic rings. The summed E-state index contributed by atoms with van der Waals surface area (Å²) in [6.45, 7) is 10.6. The molecule has 0 aromatic rings. The zero-order valence-electron chi connectivity index (χ0n) is 19.0. The summed E-state index contributed by atoms with van der Waals surface area (Å²) < 4.78 is 0. The molecule has 162 valence electrons. The molecule has 2 saturated carbocycles. The van der Waals surface area contributed by atoms with Crippen LogP contribution in [0.3, 0.4) is 0 Å². The molecule has 2 fully saturated rings. The molecule has 0 radical (unpaired) electrons. The van der Waals surface area contributed by atoms with Crippen LogP contribution in [-0.2, 0) is 0 Å². The van der Waals surface area contributed by atoms with Crippen LogP contribution in [0.2, 0.25) is 0 Å². The quantitative estimate of drug-likeness (QED) is 0.171. The van der Waals surface area contributed by atoms with Gasteiger partial charge in [-0.15, -0.1) is 0 Å². The summed E-state index contributed by atoms with van der Waals surface area (Å²) in [6.07, 6.45) is 27.7. The molecule has 0 bridgehead atoms. The summed E-state index contributed by atoms with van der Waals surface area (Å²) in [6, 6.07) is 0.398. The van der Waals surface area contributed by atoms with E-state index in [9.17, 15) is 0 Å². The maximum Gasteiger partial charge on any atom is 0.0436 e. The number of rotatable bonds is 10. The van der Waals surface area contributed by atoms with E-state index in [-0.39, 0.29) is 7.92 Å². The smallest absolute Gasteiger partial charge is 0.0436 e. The molecule has 0 spiro atoms. The monoisotopic (exact) mass is 406 g/mol. The molecule has 3 heteroatoms. The average Bonchev–Trinajstić information content (AvgIpc) is 2.74. The first-order chi connectivity index (χ1) is 13.7. The van der Waals surface area contributed by atoms with E-state index in [1.54, 1.807) is 0 Å². The van der Waals surface area contributed by atoms with Crippen molar-refractivity contribution in [3.63, 3.8) is 0 Å². The fourth-order valence-corrected chi connectivity index (χ4v) is 7.81. The molecule has 2 nitrogen and oxygen atoms in total. The van der Waals surface area contributed by atoms with Gasteiger partial charge in [-0.2, -0.15) is 0 Å². The zero-order valence-corrected chi connectivity index (χ0v) is 19.9. The topological polar surface area (TPSA) is 24.4 Å². The molecule has 0 aromatic carbocycles. The molecule has 28 heavy (non-hydrogen) atoms. The van der Waals surface area contributed by atoms with E-state index in [4.69, 9.17) is 0 Å². The van der Waals surface area contributed by atoms with Crippen LogP contribution in [0.15, 0.2) is 29.3 Å². The van der Waals surface area contributed by atoms with Gasteiger partial charge in [0.25, 0.3) is 0 Å². The van der Waals surface area contributed by atoms with E-state index in [0.717, 1.165) is 11.3 Å². The lowest BCUT2D eigenvalue weighted by atomic mass is 9.99. The number of aliphatic imine (C=N–C) groups is 1. The molecule has 2 rings (SSSR count). The van der Waals surface area contributed by atoms with Crippen molar-refractivity contribution in [1.29, 1.82) is 0 Å². The van der Waals surface area contributed by atoms with Gasteiger partial charge >= 0.3 is 0 Å². The minimum absolute atomic E-state index is 0.232. The minimum Gasteiger partial charge on any atom is -0.313 e. The number of unbranched alkanes of at least 4 members (excludes halogenated alkanes) is 1. The Labute approximate surface area is 177 Å². The largest absolute Gasteiger partial charge is 0.313 e. The van der Waals surface area contributed by atoms with Crippen LogP contribution in [0, 0.1) is 0 Å². The lowest BCUT2D eigenvalue weighted by Gasteiger charge is -2.38. The fourth-order valence-electron chi connectivity index (χ4n) is 4.22. The lowest BCUT2D eigenvalue weighted by Crippen LogP contribution is -2.27. The maximum absolute atomic E-state index is 3.85. The summed E-state index contributed by atoms with van der Waals surface area (Å²) in [5, 5.41) is 3.85. The van der Waals surface area contributed by atoms with Crippen molar-refractivity contribution in [2.45, 2.75) is 115 Å². The predicted molar refractivity (Wildman–Crippen MR) is 131 cm³/mol. The highest BCUT2D eigenvalue weighted by atomic mass is 31.1.